The fourth-order valence-corrected chi connectivity index (χ4v) is 6.08. The van der Waals surface area contributed by atoms with Crippen molar-refractivity contribution in [3.8, 4) is 11.5 Å². The number of hydrogen-bond donors (Lipinski definition) is 1. The number of fused-ring (bicyclic) bond motifs is 1. The molecule has 1 fully saturated rings. The lowest BCUT2D eigenvalue weighted by molar-refractivity contribution is -0.119. The number of benzene rings is 3. The molecule has 0 spiro atoms. The second-order valence-electron chi connectivity index (χ2n) is 9.23. The molecule has 194 valence electrons. The molecule has 37 heavy (non-hydrogen) atoms. The molecule has 0 radical (unpaired) electrons. The Hall–Kier alpha value is -3.56. The van der Waals surface area contributed by atoms with Gasteiger partial charge in [0, 0.05) is 19.2 Å². The Balaban J connectivity index is 1.32. The van der Waals surface area contributed by atoms with Crippen LogP contribution in [0.3, 0.4) is 0 Å². The highest BCUT2D eigenvalue weighted by molar-refractivity contribution is 7.92. The van der Waals surface area contributed by atoms with Crippen LogP contribution in [0.2, 0.25) is 0 Å². The molecule has 0 bridgehead atoms. The standard InChI is InChI=1S/C28H31N3O5S/c32-28(29-19-22-7-6-8-23(17-22)20-30-13-4-5-14-30)21-31(37(33,34)25-9-2-1-3-10-25)24-11-12-26-27(18-24)36-16-15-35-26/h1-3,6-12,17-18H,4-5,13-16,19-21H2,(H,29,32). The van der Waals surface area contributed by atoms with Crippen molar-refractivity contribution in [2.75, 3.05) is 37.2 Å². The third kappa shape index (κ3) is 6.06. The van der Waals surface area contributed by atoms with Crippen LogP contribution in [0.4, 0.5) is 5.69 Å². The van der Waals surface area contributed by atoms with Crippen LogP contribution < -0.4 is 19.1 Å². The Kier molecular flexibility index (Phi) is 7.62. The summed E-state index contributed by atoms with van der Waals surface area (Å²) in [6.07, 6.45) is 2.48. The number of carbonyl (C=O) groups excluding carboxylic acids is 1. The molecular weight excluding hydrogens is 490 g/mol. The topological polar surface area (TPSA) is 88.2 Å². The molecule has 2 aliphatic heterocycles. The summed E-state index contributed by atoms with van der Waals surface area (Å²) in [6.45, 7) is 3.88. The van der Waals surface area contributed by atoms with Crippen LogP contribution >= 0.6 is 0 Å². The largest absolute Gasteiger partial charge is 0.486 e. The van der Waals surface area contributed by atoms with Gasteiger partial charge in [0.2, 0.25) is 5.91 Å². The van der Waals surface area contributed by atoms with E-state index in [9.17, 15) is 13.2 Å². The summed E-state index contributed by atoms with van der Waals surface area (Å²) >= 11 is 0. The van der Waals surface area contributed by atoms with Gasteiger partial charge in [-0.05, 0) is 61.3 Å². The molecule has 1 amide bonds. The van der Waals surface area contributed by atoms with E-state index in [0.29, 0.717) is 36.9 Å². The first-order valence-electron chi connectivity index (χ1n) is 12.5. The van der Waals surface area contributed by atoms with E-state index >= 15 is 0 Å². The molecule has 0 unspecified atom stereocenters. The Morgan fingerprint density at radius 2 is 1.59 bits per heavy atom. The maximum atomic E-state index is 13.6. The zero-order valence-corrected chi connectivity index (χ0v) is 21.5. The van der Waals surface area contributed by atoms with Gasteiger partial charge < -0.3 is 14.8 Å². The van der Waals surface area contributed by atoms with Crippen LogP contribution in [-0.4, -0.2) is 52.1 Å². The number of amides is 1. The van der Waals surface area contributed by atoms with Crippen LogP contribution in [0.25, 0.3) is 0 Å². The summed E-state index contributed by atoms with van der Waals surface area (Å²) < 4.78 is 39.5. The third-order valence-electron chi connectivity index (χ3n) is 6.52. The van der Waals surface area contributed by atoms with Crippen LogP contribution in [0.1, 0.15) is 24.0 Å². The normalized spacial score (nSPS) is 15.4. The zero-order chi connectivity index (χ0) is 25.7. The quantitative estimate of drug-likeness (QED) is 0.463. The Bertz CT molecular complexity index is 1340. The van der Waals surface area contributed by atoms with Crippen molar-refractivity contribution >= 4 is 21.6 Å². The maximum Gasteiger partial charge on any atom is 0.264 e. The lowest BCUT2D eigenvalue weighted by atomic mass is 10.1. The van der Waals surface area contributed by atoms with E-state index in [1.165, 1.54) is 30.5 Å². The van der Waals surface area contributed by atoms with Gasteiger partial charge in [-0.2, -0.15) is 0 Å². The van der Waals surface area contributed by atoms with Crippen LogP contribution in [0, 0.1) is 0 Å². The number of carbonyl (C=O) groups is 1. The Morgan fingerprint density at radius 3 is 2.38 bits per heavy atom. The maximum absolute atomic E-state index is 13.6. The highest BCUT2D eigenvalue weighted by atomic mass is 32.2. The van der Waals surface area contributed by atoms with Gasteiger partial charge in [-0.3, -0.25) is 14.0 Å². The molecule has 2 heterocycles. The molecule has 3 aromatic rings. The van der Waals surface area contributed by atoms with Crippen molar-refractivity contribution in [3.05, 3.63) is 83.9 Å². The average molecular weight is 522 g/mol. The molecule has 0 saturated carbocycles. The molecule has 1 N–H and O–H groups in total. The highest BCUT2D eigenvalue weighted by Crippen LogP contribution is 2.35. The molecule has 2 aliphatic rings. The second-order valence-corrected chi connectivity index (χ2v) is 11.1. The molecule has 5 rings (SSSR count). The van der Waals surface area contributed by atoms with Crippen molar-refractivity contribution in [1.29, 1.82) is 0 Å². The lowest BCUT2D eigenvalue weighted by Crippen LogP contribution is -2.40. The van der Waals surface area contributed by atoms with E-state index in [2.05, 4.69) is 22.3 Å². The number of rotatable bonds is 9. The minimum Gasteiger partial charge on any atom is -0.486 e. The number of ether oxygens (including phenoxy) is 2. The molecule has 0 atom stereocenters. The smallest absolute Gasteiger partial charge is 0.264 e. The number of nitrogens with zero attached hydrogens (tertiary/aromatic N) is 2. The van der Waals surface area contributed by atoms with Gasteiger partial charge in [0.1, 0.15) is 19.8 Å². The SMILES string of the molecule is O=C(CN(c1ccc2c(c1)OCCO2)S(=O)(=O)c1ccccc1)NCc1cccc(CN2CCCC2)c1. The van der Waals surface area contributed by atoms with Gasteiger partial charge in [-0.1, -0.05) is 42.5 Å². The van der Waals surface area contributed by atoms with Gasteiger partial charge in [-0.15, -0.1) is 0 Å². The Morgan fingerprint density at radius 1 is 0.865 bits per heavy atom. The van der Waals surface area contributed by atoms with E-state index in [1.807, 2.05) is 12.1 Å². The number of anilines is 1. The monoisotopic (exact) mass is 521 g/mol. The molecule has 0 aliphatic carbocycles. The summed E-state index contributed by atoms with van der Waals surface area (Å²) in [7, 11) is -4.01. The van der Waals surface area contributed by atoms with Gasteiger partial charge in [0.25, 0.3) is 10.0 Å². The van der Waals surface area contributed by atoms with Crippen LogP contribution in [0.15, 0.2) is 77.7 Å². The number of sulfonamides is 1. The zero-order valence-electron chi connectivity index (χ0n) is 20.6. The molecule has 3 aromatic carbocycles. The van der Waals surface area contributed by atoms with E-state index < -0.39 is 15.9 Å². The van der Waals surface area contributed by atoms with Gasteiger partial charge >= 0.3 is 0 Å². The van der Waals surface area contributed by atoms with Gasteiger partial charge in [0.15, 0.2) is 11.5 Å². The predicted octanol–water partition coefficient (Wildman–Crippen LogP) is 3.57. The summed E-state index contributed by atoms with van der Waals surface area (Å²) in [5.74, 6) is 0.594. The first-order chi connectivity index (χ1) is 18.0. The molecular formula is C28H31N3O5S. The molecule has 1 saturated heterocycles. The first kappa shape index (κ1) is 25.1. The van der Waals surface area contributed by atoms with Crippen molar-refractivity contribution in [2.45, 2.75) is 30.8 Å². The molecule has 8 nitrogen and oxygen atoms in total. The number of likely N-dealkylation sites (tertiary alicyclic amines) is 1. The van der Waals surface area contributed by atoms with Crippen molar-refractivity contribution in [2.24, 2.45) is 0 Å². The van der Waals surface area contributed by atoms with Crippen LogP contribution in [-0.2, 0) is 27.9 Å². The van der Waals surface area contributed by atoms with E-state index in [0.717, 1.165) is 29.5 Å². The highest BCUT2D eigenvalue weighted by Gasteiger charge is 2.28. The van der Waals surface area contributed by atoms with Crippen LogP contribution in [0.5, 0.6) is 11.5 Å². The minimum absolute atomic E-state index is 0.104. The second kappa shape index (κ2) is 11.2. The summed E-state index contributed by atoms with van der Waals surface area (Å²) in [5, 5.41) is 2.89. The lowest BCUT2D eigenvalue weighted by Gasteiger charge is -2.26. The number of nitrogens with one attached hydrogen (secondary N) is 1. The van der Waals surface area contributed by atoms with E-state index in [1.54, 1.807) is 36.4 Å². The minimum atomic E-state index is -4.01. The van der Waals surface area contributed by atoms with Crippen molar-refractivity contribution in [1.82, 2.24) is 10.2 Å². The van der Waals surface area contributed by atoms with Gasteiger partial charge in [0.05, 0.1) is 10.6 Å². The van der Waals surface area contributed by atoms with Gasteiger partial charge in [-0.25, -0.2) is 8.42 Å². The fourth-order valence-electron chi connectivity index (χ4n) is 4.65. The average Bonchev–Trinajstić information content (AvgIpc) is 3.44. The molecule has 9 heteroatoms. The Labute approximate surface area is 217 Å². The number of hydrogen-bond acceptors (Lipinski definition) is 6. The molecule has 0 aromatic heterocycles. The summed E-state index contributed by atoms with van der Waals surface area (Å²) in [4.78, 5) is 15.6. The third-order valence-corrected chi connectivity index (χ3v) is 8.31. The first-order valence-corrected chi connectivity index (χ1v) is 14.0. The summed E-state index contributed by atoms with van der Waals surface area (Å²) in [5.41, 5.74) is 2.51. The van der Waals surface area contributed by atoms with E-state index in [-0.39, 0.29) is 11.4 Å². The van der Waals surface area contributed by atoms with Crippen molar-refractivity contribution in [3.63, 3.8) is 0 Å². The fraction of sp³-hybridized carbons (Fsp3) is 0.321. The van der Waals surface area contributed by atoms with E-state index in [4.69, 9.17) is 9.47 Å². The predicted molar refractivity (Wildman–Crippen MR) is 141 cm³/mol. The summed E-state index contributed by atoms with van der Waals surface area (Å²) in [6, 6.07) is 21.1. The van der Waals surface area contributed by atoms with Crippen molar-refractivity contribution < 1.29 is 22.7 Å².